The first kappa shape index (κ1) is 21.6. The molecule has 1 atom stereocenters. The summed E-state index contributed by atoms with van der Waals surface area (Å²) < 4.78 is 5.50. The van der Waals surface area contributed by atoms with Crippen LogP contribution < -0.4 is 16.0 Å². The van der Waals surface area contributed by atoms with E-state index >= 15 is 0 Å². The summed E-state index contributed by atoms with van der Waals surface area (Å²) in [6.07, 6.45) is 10.4. The third-order valence-electron chi connectivity index (χ3n) is 6.11. The second-order valence-electron chi connectivity index (χ2n) is 8.40. The summed E-state index contributed by atoms with van der Waals surface area (Å²) in [6.45, 7) is 3.54. The number of anilines is 2. The predicted octanol–water partition coefficient (Wildman–Crippen LogP) is 4.92. The van der Waals surface area contributed by atoms with Crippen LogP contribution in [0.3, 0.4) is 0 Å². The van der Waals surface area contributed by atoms with Crippen molar-refractivity contribution in [2.75, 3.05) is 23.8 Å². The van der Waals surface area contributed by atoms with E-state index in [2.05, 4.69) is 22.9 Å². The number of amides is 3. The maximum atomic E-state index is 12.6. The smallest absolute Gasteiger partial charge is 0.319 e. The minimum Gasteiger partial charge on any atom is -0.376 e. The third kappa shape index (κ3) is 7.03. The van der Waals surface area contributed by atoms with Crippen LogP contribution in [-0.2, 0) is 9.53 Å². The van der Waals surface area contributed by atoms with E-state index in [-0.39, 0.29) is 24.0 Å². The number of benzene rings is 1. The average molecular weight is 402 g/mol. The zero-order valence-corrected chi connectivity index (χ0v) is 17.5. The van der Waals surface area contributed by atoms with Crippen LogP contribution in [0, 0.1) is 11.8 Å². The van der Waals surface area contributed by atoms with Gasteiger partial charge in [0, 0.05) is 30.4 Å². The Bertz CT molecular complexity index is 648. The minimum absolute atomic E-state index is 0.119. The van der Waals surface area contributed by atoms with Crippen LogP contribution in [0.15, 0.2) is 24.3 Å². The van der Waals surface area contributed by atoms with E-state index < -0.39 is 0 Å². The fraction of sp³-hybridized carbons (Fsp3) is 0.652. The van der Waals surface area contributed by atoms with E-state index in [1.54, 1.807) is 0 Å². The van der Waals surface area contributed by atoms with Gasteiger partial charge in [-0.3, -0.25) is 4.79 Å². The normalized spacial score (nSPS) is 24.1. The van der Waals surface area contributed by atoms with Gasteiger partial charge in [-0.2, -0.15) is 0 Å². The second-order valence-corrected chi connectivity index (χ2v) is 8.40. The lowest BCUT2D eigenvalue weighted by molar-refractivity contribution is -0.121. The molecule has 0 aromatic heterocycles. The Labute approximate surface area is 174 Å². The van der Waals surface area contributed by atoms with Crippen molar-refractivity contribution in [3.8, 4) is 0 Å². The first-order chi connectivity index (χ1) is 14.1. The molecule has 6 nitrogen and oxygen atoms in total. The first-order valence-corrected chi connectivity index (χ1v) is 11.2. The molecule has 1 aromatic carbocycles. The highest BCUT2D eigenvalue weighted by Gasteiger charge is 2.26. The van der Waals surface area contributed by atoms with Crippen LogP contribution >= 0.6 is 0 Å². The van der Waals surface area contributed by atoms with Gasteiger partial charge in [0.2, 0.25) is 5.91 Å². The lowest BCUT2D eigenvalue weighted by Crippen LogP contribution is -2.35. The van der Waals surface area contributed by atoms with Crippen molar-refractivity contribution in [3.05, 3.63) is 24.3 Å². The molecule has 1 saturated heterocycles. The molecule has 3 amide bonds. The Morgan fingerprint density at radius 2 is 1.69 bits per heavy atom. The maximum Gasteiger partial charge on any atom is 0.319 e. The Hall–Kier alpha value is -2.08. The Morgan fingerprint density at radius 1 is 1.00 bits per heavy atom. The SMILES string of the molecule is CCCCC1CCC(C(=O)Nc2ccc(NC(=O)NCC3CCCO3)cc2)CC1. The van der Waals surface area contributed by atoms with Crippen LogP contribution in [0.25, 0.3) is 0 Å². The van der Waals surface area contributed by atoms with Crippen molar-refractivity contribution >= 4 is 23.3 Å². The van der Waals surface area contributed by atoms with E-state index in [1.807, 2.05) is 24.3 Å². The molecule has 2 fully saturated rings. The molecule has 1 aromatic rings. The van der Waals surface area contributed by atoms with Crippen LogP contribution in [-0.4, -0.2) is 31.2 Å². The Morgan fingerprint density at radius 3 is 2.31 bits per heavy atom. The van der Waals surface area contributed by atoms with Gasteiger partial charge >= 0.3 is 6.03 Å². The van der Waals surface area contributed by atoms with Gasteiger partial charge in [-0.15, -0.1) is 0 Å². The molecule has 3 N–H and O–H groups in total. The number of carbonyl (C=O) groups excluding carboxylic acids is 2. The molecular formula is C23H35N3O3. The molecular weight excluding hydrogens is 366 g/mol. The van der Waals surface area contributed by atoms with Gasteiger partial charge < -0.3 is 20.7 Å². The van der Waals surface area contributed by atoms with Crippen LogP contribution in [0.5, 0.6) is 0 Å². The monoisotopic (exact) mass is 401 g/mol. The Balaban J connectivity index is 1.38. The van der Waals surface area contributed by atoms with E-state index in [0.717, 1.165) is 43.9 Å². The number of carbonyl (C=O) groups is 2. The molecule has 1 unspecified atom stereocenters. The summed E-state index contributed by atoms with van der Waals surface area (Å²) in [5.41, 5.74) is 1.47. The largest absolute Gasteiger partial charge is 0.376 e. The van der Waals surface area contributed by atoms with Crippen molar-refractivity contribution in [3.63, 3.8) is 0 Å². The van der Waals surface area contributed by atoms with Crippen LogP contribution in [0.4, 0.5) is 16.2 Å². The molecule has 3 rings (SSSR count). The molecule has 1 heterocycles. The lowest BCUT2D eigenvalue weighted by Gasteiger charge is -2.27. The second kappa shape index (κ2) is 11.2. The van der Waals surface area contributed by atoms with E-state index in [9.17, 15) is 9.59 Å². The highest BCUT2D eigenvalue weighted by molar-refractivity contribution is 5.93. The van der Waals surface area contributed by atoms with Gasteiger partial charge in [0.15, 0.2) is 0 Å². The summed E-state index contributed by atoms with van der Waals surface area (Å²) in [5, 5.41) is 8.68. The number of unbranched alkanes of at least 4 members (excludes halogenated alkanes) is 1. The van der Waals surface area contributed by atoms with Crippen LogP contribution in [0.2, 0.25) is 0 Å². The fourth-order valence-corrected chi connectivity index (χ4v) is 4.27. The molecule has 0 radical (unpaired) electrons. The zero-order valence-electron chi connectivity index (χ0n) is 17.5. The van der Waals surface area contributed by atoms with Gasteiger partial charge in [0.25, 0.3) is 0 Å². The van der Waals surface area contributed by atoms with Crippen molar-refractivity contribution in [1.29, 1.82) is 0 Å². The van der Waals surface area contributed by atoms with Crippen molar-refractivity contribution < 1.29 is 14.3 Å². The van der Waals surface area contributed by atoms with Crippen molar-refractivity contribution in [1.82, 2.24) is 5.32 Å². The molecule has 0 bridgehead atoms. The third-order valence-corrected chi connectivity index (χ3v) is 6.11. The van der Waals surface area contributed by atoms with E-state index in [4.69, 9.17) is 4.74 Å². The Kier molecular flexibility index (Phi) is 8.35. The number of hydrogen-bond donors (Lipinski definition) is 3. The quantitative estimate of drug-likeness (QED) is 0.578. The topological polar surface area (TPSA) is 79.5 Å². The van der Waals surface area contributed by atoms with Gasteiger partial charge in [-0.1, -0.05) is 26.2 Å². The molecule has 0 spiro atoms. The van der Waals surface area contributed by atoms with Gasteiger partial charge in [-0.05, 0) is 68.7 Å². The van der Waals surface area contributed by atoms with Gasteiger partial charge in [0.1, 0.15) is 0 Å². The number of ether oxygens (including phenoxy) is 1. The number of urea groups is 1. The van der Waals surface area contributed by atoms with Gasteiger partial charge in [0.05, 0.1) is 6.10 Å². The molecule has 1 aliphatic heterocycles. The summed E-state index contributed by atoms with van der Waals surface area (Å²) in [7, 11) is 0. The van der Waals surface area contributed by atoms with E-state index in [1.165, 1.54) is 32.1 Å². The molecule has 2 aliphatic rings. The summed E-state index contributed by atoms with van der Waals surface area (Å²) >= 11 is 0. The average Bonchev–Trinajstić information content (AvgIpc) is 3.26. The van der Waals surface area contributed by atoms with E-state index in [0.29, 0.717) is 12.2 Å². The van der Waals surface area contributed by atoms with Crippen molar-refractivity contribution in [2.45, 2.75) is 70.8 Å². The standard InChI is InChI=1S/C23H35N3O3/c1-2-3-5-17-7-9-18(10-8-17)22(27)25-19-11-13-20(14-12-19)26-23(28)24-16-21-6-4-15-29-21/h11-14,17-18,21H,2-10,15-16H2,1H3,(H,25,27)(H2,24,26,28). The first-order valence-electron chi connectivity index (χ1n) is 11.2. The molecule has 6 heteroatoms. The molecule has 1 saturated carbocycles. The summed E-state index contributed by atoms with van der Waals surface area (Å²) in [5.74, 6) is 1.04. The zero-order chi connectivity index (χ0) is 20.5. The lowest BCUT2D eigenvalue weighted by atomic mass is 9.79. The number of nitrogens with one attached hydrogen (secondary N) is 3. The number of rotatable bonds is 8. The fourth-order valence-electron chi connectivity index (χ4n) is 4.27. The maximum absolute atomic E-state index is 12.6. The number of hydrogen-bond acceptors (Lipinski definition) is 3. The molecule has 1 aliphatic carbocycles. The van der Waals surface area contributed by atoms with Crippen molar-refractivity contribution in [2.24, 2.45) is 11.8 Å². The highest BCUT2D eigenvalue weighted by Crippen LogP contribution is 2.32. The molecule has 160 valence electrons. The predicted molar refractivity (Wildman–Crippen MR) is 116 cm³/mol. The van der Waals surface area contributed by atoms with Gasteiger partial charge in [-0.25, -0.2) is 4.79 Å². The van der Waals surface area contributed by atoms with Crippen LogP contribution in [0.1, 0.15) is 64.7 Å². The summed E-state index contributed by atoms with van der Waals surface area (Å²) in [6, 6.07) is 7.05. The molecule has 29 heavy (non-hydrogen) atoms. The highest BCUT2D eigenvalue weighted by atomic mass is 16.5. The minimum atomic E-state index is -0.239. The summed E-state index contributed by atoms with van der Waals surface area (Å²) in [4.78, 5) is 24.5.